The second-order valence-electron chi connectivity index (χ2n) is 9.08. The van der Waals surface area contributed by atoms with Crippen LogP contribution in [0, 0.1) is 12.7 Å². The van der Waals surface area contributed by atoms with E-state index >= 15 is 0 Å². The molecular formula is C24H27FN4O2. The van der Waals surface area contributed by atoms with Gasteiger partial charge in [0.1, 0.15) is 17.4 Å². The maximum absolute atomic E-state index is 13.9. The third kappa shape index (κ3) is 4.01. The van der Waals surface area contributed by atoms with Gasteiger partial charge in [0.25, 0.3) is 5.91 Å². The summed E-state index contributed by atoms with van der Waals surface area (Å²) >= 11 is 0. The number of hydrogen-bond donors (Lipinski definition) is 1. The zero-order valence-corrected chi connectivity index (χ0v) is 17.9. The van der Waals surface area contributed by atoms with E-state index in [1.54, 1.807) is 11.0 Å². The molecule has 1 atom stereocenters. The molecule has 0 bridgehead atoms. The van der Waals surface area contributed by atoms with Crippen LogP contribution < -0.4 is 5.32 Å². The minimum absolute atomic E-state index is 0.000515. The number of likely N-dealkylation sites (tertiary alicyclic amines) is 1. The topological polar surface area (TPSA) is 71.3 Å². The molecule has 1 aliphatic heterocycles. The number of furan rings is 1. The van der Waals surface area contributed by atoms with E-state index in [1.807, 2.05) is 19.1 Å². The lowest BCUT2D eigenvalue weighted by Gasteiger charge is -2.30. The van der Waals surface area contributed by atoms with Gasteiger partial charge in [0, 0.05) is 12.1 Å². The highest BCUT2D eigenvalue weighted by Crippen LogP contribution is 2.39. The van der Waals surface area contributed by atoms with Crippen molar-refractivity contribution in [3.63, 3.8) is 0 Å². The van der Waals surface area contributed by atoms with Crippen LogP contribution in [0.3, 0.4) is 0 Å². The normalized spacial score (nSPS) is 20.5. The lowest BCUT2D eigenvalue weighted by molar-refractivity contribution is 0.0668. The summed E-state index contributed by atoms with van der Waals surface area (Å²) in [6, 6.07) is 8.25. The minimum atomic E-state index is -0.290. The molecule has 2 aliphatic rings. The highest BCUT2D eigenvalue weighted by atomic mass is 19.1. The molecule has 3 aromatic rings. The SMILES string of the molecule is Cc1cc2c(NC3(C)CC3)nc(C(=O)N3CCCCCC3c3cccc(F)c3)nc2o1. The van der Waals surface area contributed by atoms with Crippen LogP contribution in [0.1, 0.15) is 73.4 Å². The molecule has 1 aromatic carbocycles. The number of rotatable bonds is 4. The van der Waals surface area contributed by atoms with Crippen molar-refractivity contribution >= 4 is 22.8 Å². The molecule has 0 radical (unpaired) electrons. The molecule has 1 unspecified atom stereocenters. The van der Waals surface area contributed by atoms with Crippen LogP contribution in [0.4, 0.5) is 10.2 Å². The number of nitrogens with one attached hydrogen (secondary N) is 1. The number of nitrogens with zero attached hydrogens (tertiary/aromatic N) is 3. The molecule has 1 N–H and O–H groups in total. The van der Waals surface area contributed by atoms with Crippen LogP contribution in [-0.2, 0) is 0 Å². The van der Waals surface area contributed by atoms with Gasteiger partial charge in [0.15, 0.2) is 0 Å². The lowest BCUT2D eigenvalue weighted by Crippen LogP contribution is -2.36. The number of halogens is 1. The lowest BCUT2D eigenvalue weighted by atomic mass is 10.0. The van der Waals surface area contributed by atoms with Crippen molar-refractivity contribution in [1.29, 1.82) is 0 Å². The minimum Gasteiger partial charge on any atom is -0.443 e. The second kappa shape index (κ2) is 7.62. The van der Waals surface area contributed by atoms with Crippen molar-refractivity contribution in [1.82, 2.24) is 14.9 Å². The molecule has 5 rings (SSSR count). The van der Waals surface area contributed by atoms with Crippen molar-refractivity contribution in [2.24, 2.45) is 0 Å². The quantitative estimate of drug-likeness (QED) is 0.610. The van der Waals surface area contributed by atoms with Gasteiger partial charge in [-0.2, -0.15) is 4.98 Å². The van der Waals surface area contributed by atoms with Gasteiger partial charge >= 0.3 is 0 Å². The first-order valence-electron chi connectivity index (χ1n) is 11.0. The van der Waals surface area contributed by atoms with Gasteiger partial charge in [-0.3, -0.25) is 4.79 Å². The van der Waals surface area contributed by atoms with Gasteiger partial charge < -0.3 is 14.6 Å². The summed E-state index contributed by atoms with van der Waals surface area (Å²) in [6.45, 7) is 4.60. The van der Waals surface area contributed by atoms with Gasteiger partial charge in [-0.1, -0.05) is 25.0 Å². The average molecular weight is 423 g/mol. The third-order valence-corrected chi connectivity index (χ3v) is 6.37. The number of hydrogen-bond acceptors (Lipinski definition) is 5. The van der Waals surface area contributed by atoms with E-state index in [0.717, 1.165) is 55.2 Å². The smallest absolute Gasteiger partial charge is 0.292 e. The molecule has 0 spiro atoms. The van der Waals surface area contributed by atoms with Crippen molar-refractivity contribution in [3.8, 4) is 0 Å². The van der Waals surface area contributed by atoms with Gasteiger partial charge in [-0.15, -0.1) is 0 Å². The summed E-state index contributed by atoms with van der Waals surface area (Å²) in [6.07, 6.45) is 5.85. The van der Waals surface area contributed by atoms with Crippen molar-refractivity contribution in [3.05, 3.63) is 53.3 Å². The molecule has 31 heavy (non-hydrogen) atoms. The number of anilines is 1. The van der Waals surface area contributed by atoms with E-state index in [1.165, 1.54) is 12.1 Å². The Labute approximate surface area is 180 Å². The van der Waals surface area contributed by atoms with E-state index in [-0.39, 0.29) is 29.1 Å². The number of carbonyl (C=O) groups is 1. The third-order valence-electron chi connectivity index (χ3n) is 6.37. The molecule has 2 fully saturated rings. The molecule has 1 saturated carbocycles. The number of aromatic nitrogens is 2. The maximum Gasteiger partial charge on any atom is 0.292 e. The Bertz CT molecular complexity index is 1140. The van der Waals surface area contributed by atoms with Crippen LogP contribution in [0.25, 0.3) is 11.1 Å². The predicted octanol–water partition coefficient (Wildman–Crippen LogP) is 5.39. The van der Waals surface area contributed by atoms with E-state index in [2.05, 4.69) is 22.2 Å². The Balaban J connectivity index is 1.54. The van der Waals surface area contributed by atoms with Crippen LogP contribution in [-0.4, -0.2) is 32.9 Å². The van der Waals surface area contributed by atoms with Crippen molar-refractivity contribution in [2.75, 3.05) is 11.9 Å². The van der Waals surface area contributed by atoms with Crippen LogP contribution >= 0.6 is 0 Å². The average Bonchev–Trinajstić information content (AvgIpc) is 3.41. The van der Waals surface area contributed by atoms with Crippen molar-refractivity contribution < 1.29 is 13.6 Å². The predicted molar refractivity (Wildman–Crippen MR) is 116 cm³/mol. The van der Waals surface area contributed by atoms with E-state index in [9.17, 15) is 9.18 Å². The molecule has 6 nitrogen and oxygen atoms in total. The Kier molecular flexibility index (Phi) is 4.91. The number of fused-ring (bicyclic) bond motifs is 1. The summed E-state index contributed by atoms with van der Waals surface area (Å²) in [5.74, 6) is 0.961. The highest BCUT2D eigenvalue weighted by Gasteiger charge is 2.38. The first-order valence-corrected chi connectivity index (χ1v) is 11.0. The van der Waals surface area contributed by atoms with E-state index in [0.29, 0.717) is 18.1 Å². The van der Waals surface area contributed by atoms with Crippen molar-refractivity contribution in [2.45, 2.75) is 64.0 Å². The number of benzene rings is 1. The Morgan fingerprint density at radius 1 is 1.23 bits per heavy atom. The Morgan fingerprint density at radius 3 is 2.84 bits per heavy atom. The molecule has 1 amide bonds. The van der Waals surface area contributed by atoms with Gasteiger partial charge in [0.2, 0.25) is 11.5 Å². The number of carbonyl (C=O) groups excluding carboxylic acids is 1. The summed E-state index contributed by atoms with van der Waals surface area (Å²) in [4.78, 5) is 24.6. The van der Waals surface area contributed by atoms with E-state index < -0.39 is 0 Å². The molecule has 1 saturated heterocycles. The Hall–Kier alpha value is -2.96. The first-order chi connectivity index (χ1) is 14.9. The second-order valence-corrected chi connectivity index (χ2v) is 9.08. The van der Waals surface area contributed by atoms with Gasteiger partial charge in [0.05, 0.1) is 11.4 Å². The largest absolute Gasteiger partial charge is 0.443 e. The van der Waals surface area contributed by atoms with Crippen LogP contribution in [0.5, 0.6) is 0 Å². The highest BCUT2D eigenvalue weighted by molar-refractivity contribution is 5.95. The number of amides is 1. The van der Waals surface area contributed by atoms with Gasteiger partial charge in [-0.05, 0) is 63.3 Å². The van der Waals surface area contributed by atoms with Crippen LogP contribution in [0.2, 0.25) is 0 Å². The molecule has 1 aliphatic carbocycles. The fourth-order valence-corrected chi connectivity index (χ4v) is 4.37. The standard InChI is InChI=1S/C24H27FN4O2/c1-15-13-18-20(28-24(2)10-11-24)26-21(27-22(18)31-15)23(30)29-12-5-3-4-9-19(29)16-7-6-8-17(25)14-16/h6-8,13-14,19H,3-5,9-12H2,1-2H3,(H,26,27,28). The molecule has 162 valence electrons. The zero-order valence-electron chi connectivity index (χ0n) is 17.9. The summed E-state index contributed by atoms with van der Waals surface area (Å²) < 4.78 is 19.7. The van der Waals surface area contributed by atoms with Crippen LogP contribution in [0.15, 0.2) is 34.7 Å². The first kappa shape index (κ1) is 20.0. The monoisotopic (exact) mass is 422 g/mol. The van der Waals surface area contributed by atoms with Gasteiger partial charge in [-0.25, -0.2) is 9.37 Å². The molecule has 3 heterocycles. The summed E-state index contributed by atoms with van der Waals surface area (Å²) in [5.41, 5.74) is 1.23. The fourth-order valence-electron chi connectivity index (χ4n) is 4.37. The fraction of sp³-hybridized carbons (Fsp3) is 0.458. The molecule has 2 aromatic heterocycles. The Morgan fingerprint density at radius 2 is 2.06 bits per heavy atom. The zero-order chi connectivity index (χ0) is 21.6. The summed E-state index contributed by atoms with van der Waals surface area (Å²) in [7, 11) is 0. The summed E-state index contributed by atoms with van der Waals surface area (Å²) in [5, 5.41) is 4.27. The maximum atomic E-state index is 13.9. The van der Waals surface area contributed by atoms with E-state index in [4.69, 9.17) is 4.42 Å². The number of aryl methyl sites for hydroxylation is 1. The molecular weight excluding hydrogens is 395 g/mol. The molecule has 7 heteroatoms.